The fourth-order valence-corrected chi connectivity index (χ4v) is 1.09. The van der Waals surface area contributed by atoms with Crippen molar-refractivity contribution >= 4 is 5.69 Å². The van der Waals surface area contributed by atoms with Crippen LogP contribution in [-0.4, -0.2) is 13.7 Å². The van der Waals surface area contributed by atoms with E-state index in [4.69, 9.17) is 21.9 Å². The van der Waals surface area contributed by atoms with Crippen molar-refractivity contribution in [3.8, 4) is 5.75 Å². The summed E-state index contributed by atoms with van der Waals surface area (Å²) in [6.07, 6.45) is 0. The van der Waals surface area contributed by atoms with Gasteiger partial charge < -0.3 is 21.9 Å². The molecule has 1 aromatic rings. The van der Waals surface area contributed by atoms with Crippen molar-refractivity contribution in [3.05, 3.63) is 23.8 Å². The van der Waals surface area contributed by atoms with E-state index in [2.05, 4.69) is 0 Å². The Morgan fingerprint density at radius 3 is 2.69 bits per heavy atom. The molecule has 13 heavy (non-hydrogen) atoms. The third-order valence-electron chi connectivity index (χ3n) is 1.94. The van der Waals surface area contributed by atoms with Gasteiger partial charge in [0.05, 0.1) is 12.8 Å². The van der Waals surface area contributed by atoms with Gasteiger partial charge in [-0.05, 0) is 17.7 Å². The van der Waals surface area contributed by atoms with Crippen molar-refractivity contribution in [2.24, 2.45) is 11.5 Å². The molecule has 0 saturated heterocycles. The number of hydrogen-bond acceptors (Lipinski definition) is 4. The highest BCUT2D eigenvalue weighted by molar-refractivity contribution is 5.54. The van der Waals surface area contributed by atoms with E-state index in [9.17, 15) is 0 Å². The molecule has 0 aliphatic rings. The molecule has 0 unspecified atom stereocenters. The minimum absolute atomic E-state index is 0.158. The SMILES string of the molecule is COc1cc([C@@H](N)CN)ccc1N. The maximum Gasteiger partial charge on any atom is 0.142 e. The van der Waals surface area contributed by atoms with Crippen LogP contribution in [0.15, 0.2) is 18.2 Å². The zero-order valence-corrected chi connectivity index (χ0v) is 7.66. The fourth-order valence-electron chi connectivity index (χ4n) is 1.09. The standard InChI is InChI=1S/C9H15N3O/c1-13-9-4-6(8(12)5-10)2-3-7(9)11/h2-4,8H,5,10-12H2,1H3/t8-/m0/s1. The molecule has 0 aliphatic carbocycles. The first-order valence-electron chi connectivity index (χ1n) is 4.08. The van der Waals surface area contributed by atoms with Crippen LogP contribution in [0, 0.1) is 0 Å². The second kappa shape index (κ2) is 4.11. The summed E-state index contributed by atoms with van der Waals surface area (Å²) in [7, 11) is 1.57. The van der Waals surface area contributed by atoms with Crippen molar-refractivity contribution in [3.63, 3.8) is 0 Å². The Kier molecular flexibility index (Phi) is 3.11. The molecule has 72 valence electrons. The lowest BCUT2D eigenvalue weighted by Gasteiger charge is -2.11. The molecule has 1 aromatic carbocycles. The largest absolute Gasteiger partial charge is 0.495 e. The minimum atomic E-state index is -0.158. The molecule has 0 saturated carbocycles. The molecule has 0 amide bonds. The maximum absolute atomic E-state index is 5.75. The Morgan fingerprint density at radius 1 is 1.46 bits per heavy atom. The van der Waals surface area contributed by atoms with Crippen LogP contribution < -0.4 is 21.9 Å². The molecular formula is C9H15N3O. The Morgan fingerprint density at radius 2 is 2.15 bits per heavy atom. The second-order valence-corrected chi connectivity index (χ2v) is 2.84. The van der Waals surface area contributed by atoms with Gasteiger partial charge in [-0.1, -0.05) is 6.07 Å². The van der Waals surface area contributed by atoms with Crippen molar-refractivity contribution in [1.29, 1.82) is 0 Å². The summed E-state index contributed by atoms with van der Waals surface area (Å²) in [5, 5.41) is 0. The van der Waals surface area contributed by atoms with Crippen molar-refractivity contribution < 1.29 is 4.74 Å². The first-order chi connectivity index (χ1) is 6.19. The van der Waals surface area contributed by atoms with Gasteiger partial charge in [0.15, 0.2) is 0 Å². The van der Waals surface area contributed by atoms with Gasteiger partial charge in [-0.15, -0.1) is 0 Å². The molecule has 0 spiro atoms. The third-order valence-corrected chi connectivity index (χ3v) is 1.94. The van der Waals surface area contributed by atoms with Crippen LogP contribution in [0.2, 0.25) is 0 Å². The van der Waals surface area contributed by atoms with E-state index in [0.717, 1.165) is 5.56 Å². The average molecular weight is 181 g/mol. The minimum Gasteiger partial charge on any atom is -0.495 e. The summed E-state index contributed by atoms with van der Waals surface area (Å²) in [5.41, 5.74) is 18.4. The van der Waals surface area contributed by atoms with Crippen LogP contribution in [0.1, 0.15) is 11.6 Å². The normalized spacial score (nSPS) is 12.5. The summed E-state index contributed by atoms with van der Waals surface area (Å²) in [5.74, 6) is 0.640. The number of rotatable bonds is 3. The highest BCUT2D eigenvalue weighted by Gasteiger charge is 2.06. The Bertz CT molecular complexity index is 288. The van der Waals surface area contributed by atoms with E-state index >= 15 is 0 Å². The van der Waals surface area contributed by atoms with Crippen molar-refractivity contribution in [2.45, 2.75) is 6.04 Å². The molecule has 0 aliphatic heterocycles. The quantitative estimate of drug-likeness (QED) is 0.583. The molecule has 4 nitrogen and oxygen atoms in total. The van der Waals surface area contributed by atoms with Crippen LogP contribution >= 0.6 is 0 Å². The van der Waals surface area contributed by atoms with Crippen LogP contribution in [-0.2, 0) is 0 Å². The molecule has 4 heteroatoms. The van der Waals surface area contributed by atoms with Gasteiger partial charge in [0.1, 0.15) is 5.75 Å². The molecule has 0 bridgehead atoms. The Balaban J connectivity index is 2.99. The third kappa shape index (κ3) is 2.11. The number of nitrogens with two attached hydrogens (primary N) is 3. The summed E-state index contributed by atoms with van der Waals surface area (Å²) in [4.78, 5) is 0. The molecule has 1 atom stereocenters. The van der Waals surface area contributed by atoms with Gasteiger partial charge in [-0.25, -0.2) is 0 Å². The number of ether oxygens (including phenoxy) is 1. The van der Waals surface area contributed by atoms with Crippen LogP contribution in [0.4, 0.5) is 5.69 Å². The predicted molar refractivity (Wildman–Crippen MR) is 53.4 cm³/mol. The highest BCUT2D eigenvalue weighted by atomic mass is 16.5. The molecular weight excluding hydrogens is 166 g/mol. The zero-order chi connectivity index (χ0) is 9.84. The number of nitrogen functional groups attached to an aromatic ring is 1. The van der Waals surface area contributed by atoms with Crippen LogP contribution in [0.25, 0.3) is 0 Å². The molecule has 0 heterocycles. The average Bonchev–Trinajstić information content (AvgIpc) is 2.17. The van der Waals surface area contributed by atoms with Gasteiger partial charge in [0.2, 0.25) is 0 Å². The van der Waals surface area contributed by atoms with Gasteiger partial charge in [-0.3, -0.25) is 0 Å². The van der Waals surface area contributed by atoms with Gasteiger partial charge in [0, 0.05) is 12.6 Å². The summed E-state index contributed by atoms with van der Waals surface area (Å²) >= 11 is 0. The number of hydrogen-bond donors (Lipinski definition) is 3. The molecule has 0 fully saturated rings. The smallest absolute Gasteiger partial charge is 0.142 e. The Hall–Kier alpha value is -1.26. The van der Waals surface area contributed by atoms with Crippen LogP contribution in [0.3, 0.4) is 0 Å². The first-order valence-corrected chi connectivity index (χ1v) is 4.08. The van der Waals surface area contributed by atoms with E-state index in [0.29, 0.717) is 18.0 Å². The lowest BCUT2D eigenvalue weighted by Crippen LogP contribution is -2.20. The van der Waals surface area contributed by atoms with Crippen LogP contribution in [0.5, 0.6) is 5.75 Å². The first kappa shape index (κ1) is 9.83. The second-order valence-electron chi connectivity index (χ2n) is 2.84. The van der Waals surface area contributed by atoms with E-state index in [-0.39, 0.29) is 6.04 Å². The number of anilines is 1. The monoisotopic (exact) mass is 181 g/mol. The summed E-state index contributed by atoms with van der Waals surface area (Å²) in [6, 6.07) is 5.28. The Labute approximate surface area is 77.7 Å². The molecule has 6 N–H and O–H groups in total. The number of methoxy groups -OCH3 is 1. The van der Waals surface area contributed by atoms with E-state index in [1.54, 1.807) is 13.2 Å². The lowest BCUT2D eigenvalue weighted by atomic mass is 10.1. The topological polar surface area (TPSA) is 87.3 Å². The summed E-state index contributed by atoms with van der Waals surface area (Å²) in [6.45, 7) is 0.410. The number of benzene rings is 1. The summed E-state index contributed by atoms with van der Waals surface area (Å²) < 4.78 is 5.06. The predicted octanol–water partition coefficient (Wildman–Crippen LogP) is 0.236. The lowest BCUT2D eigenvalue weighted by molar-refractivity contribution is 0.416. The van der Waals surface area contributed by atoms with Crippen molar-refractivity contribution in [2.75, 3.05) is 19.4 Å². The maximum atomic E-state index is 5.75. The molecule has 0 radical (unpaired) electrons. The highest BCUT2D eigenvalue weighted by Crippen LogP contribution is 2.24. The molecule has 0 aromatic heterocycles. The van der Waals surface area contributed by atoms with Crippen molar-refractivity contribution in [1.82, 2.24) is 0 Å². The van der Waals surface area contributed by atoms with Gasteiger partial charge in [-0.2, -0.15) is 0 Å². The van der Waals surface area contributed by atoms with Gasteiger partial charge >= 0.3 is 0 Å². The van der Waals surface area contributed by atoms with Gasteiger partial charge in [0.25, 0.3) is 0 Å². The zero-order valence-electron chi connectivity index (χ0n) is 7.66. The van der Waals surface area contributed by atoms with E-state index < -0.39 is 0 Å². The fraction of sp³-hybridized carbons (Fsp3) is 0.333. The molecule has 1 rings (SSSR count). The van der Waals surface area contributed by atoms with E-state index in [1.165, 1.54) is 0 Å². The van der Waals surface area contributed by atoms with E-state index in [1.807, 2.05) is 12.1 Å².